The Labute approximate surface area is 420 Å². The van der Waals surface area contributed by atoms with E-state index in [1.807, 2.05) is 97.1 Å². The van der Waals surface area contributed by atoms with E-state index in [1.165, 1.54) is 34.0 Å². The van der Waals surface area contributed by atoms with E-state index in [0.717, 1.165) is 55.2 Å². The lowest BCUT2D eigenvalue weighted by Gasteiger charge is -2.01. The minimum atomic E-state index is -0.0406. The first kappa shape index (κ1) is 54.5. The molecule has 0 spiro atoms. The van der Waals surface area contributed by atoms with Crippen LogP contribution < -0.4 is 4.74 Å². The number of rotatable bonds is 7. The Morgan fingerprint density at radius 2 is 1.19 bits per heavy atom. The fourth-order valence-corrected chi connectivity index (χ4v) is 6.91. The summed E-state index contributed by atoms with van der Waals surface area (Å²) in [5, 5.41) is 15.6. The maximum absolute atomic E-state index is 11.1. The molecule has 1 atom stereocenters. The van der Waals surface area contributed by atoms with Gasteiger partial charge in [-0.05, 0) is 83.1 Å². The van der Waals surface area contributed by atoms with Crippen molar-refractivity contribution in [3.05, 3.63) is 204 Å². The first-order chi connectivity index (χ1) is 35.1. The molecule has 0 saturated carbocycles. The molecule has 1 unspecified atom stereocenters. The predicted octanol–water partition coefficient (Wildman–Crippen LogP) is 11.6. The molecular formula is C57H55N7O9. The van der Waals surface area contributed by atoms with Crippen molar-refractivity contribution in [2.24, 2.45) is 0 Å². The molecule has 10 aromatic rings. The van der Waals surface area contributed by atoms with Crippen LogP contribution in [-0.4, -0.2) is 82.4 Å². The van der Waals surface area contributed by atoms with Crippen LogP contribution in [0, 0.1) is 0 Å². The summed E-state index contributed by atoms with van der Waals surface area (Å²) in [4.78, 5) is 85.5. The van der Waals surface area contributed by atoms with Crippen LogP contribution in [0.15, 0.2) is 169 Å². The number of furan rings is 1. The van der Waals surface area contributed by atoms with Gasteiger partial charge in [0, 0.05) is 95.0 Å². The topological polar surface area (TPSA) is 244 Å². The van der Waals surface area contributed by atoms with Crippen LogP contribution in [0.1, 0.15) is 122 Å². The summed E-state index contributed by atoms with van der Waals surface area (Å²) < 4.78 is 10.5. The van der Waals surface area contributed by atoms with Gasteiger partial charge in [0.05, 0.1) is 17.0 Å². The number of ketones is 7. The number of benzene rings is 4. The van der Waals surface area contributed by atoms with Gasteiger partial charge in [-0.25, -0.2) is 0 Å². The van der Waals surface area contributed by atoms with E-state index >= 15 is 0 Å². The van der Waals surface area contributed by atoms with Gasteiger partial charge in [-0.2, -0.15) is 10.2 Å². The molecule has 6 aromatic heterocycles. The van der Waals surface area contributed by atoms with Crippen molar-refractivity contribution in [1.82, 2.24) is 35.3 Å². The zero-order chi connectivity index (χ0) is 52.9. The lowest BCUT2D eigenvalue weighted by molar-refractivity contribution is -0.118. The molecule has 0 saturated heterocycles. The molecule has 0 aliphatic carbocycles. The van der Waals surface area contributed by atoms with Crippen molar-refractivity contribution in [2.45, 2.75) is 54.4 Å². The van der Waals surface area contributed by atoms with Gasteiger partial charge < -0.3 is 19.1 Å². The number of hydrogen-bond donors (Lipinski definition) is 4. The standard InChI is InChI=1S/C10H9NO.C10H10O2.C10H8O2.C9H8N2O.C7H7NO.C6H7NO.C5H6N2O/c1-7(12)9-6-11-10-5-3-2-4-8(9)10;2*1-7(11)9-6-12-10-5-3-2-4-8(9)10;1-6(12)9-7-4-2-3-5-8(7)10-11-9;1-6(9)7-3-2-4-8-5-7;1-5(8)6-2-3-7-4-6;1-4(8)5-2-3-6-7-5/h2-6,11H,1H3;2-5,9H,6H2,1H3;2-6H,1H3;2-5H,1H3,(H,10,11);2-5H,1H3;2-4,7H,1H3;2-3H,1H3,(H,6,7). The van der Waals surface area contributed by atoms with Gasteiger partial charge in [-0.3, -0.25) is 48.7 Å². The molecule has 4 N–H and O–H groups in total. The molecule has 4 aromatic carbocycles. The Bertz CT molecular complexity index is 3180. The number of carbonyl (C=O) groups excluding carboxylic acids is 7. The number of nitrogens with one attached hydrogen (secondary N) is 4. The summed E-state index contributed by atoms with van der Waals surface area (Å²) in [5.74, 6) is 1.32. The molecule has 7 heterocycles. The largest absolute Gasteiger partial charge is 0.492 e. The van der Waals surface area contributed by atoms with Crippen molar-refractivity contribution in [3.63, 3.8) is 0 Å². The van der Waals surface area contributed by atoms with Gasteiger partial charge in [0.25, 0.3) is 0 Å². The Hall–Kier alpha value is -9.44. The average molecular weight is 982 g/mol. The Morgan fingerprint density at radius 3 is 1.74 bits per heavy atom. The van der Waals surface area contributed by atoms with E-state index in [2.05, 4.69) is 35.3 Å². The van der Waals surface area contributed by atoms with Crippen molar-refractivity contribution >= 4 is 73.3 Å². The number of Topliss-reactive ketones (excluding diaryl/α,β-unsaturated/α-hetero) is 7. The number of H-pyrrole nitrogens is 4. The molecule has 1 aliphatic rings. The van der Waals surface area contributed by atoms with E-state index < -0.39 is 0 Å². The van der Waals surface area contributed by atoms with Crippen LogP contribution in [0.3, 0.4) is 0 Å². The van der Waals surface area contributed by atoms with Crippen molar-refractivity contribution in [3.8, 4) is 5.75 Å². The normalized spacial score (nSPS) is 11.5. The van der Waals surface area contributed by atoms with E-state index in [9.17, 15) is 33.6 Å². The second-order valence-corrected chi connectivity index (χ2v) is 16.2. The highest BCUT2D eigenvalue weighted by Gasteiger charge is 2.26. The van der Waals surface area contributed by atoms with E-state index in [0.29, 0.717) is 29.1 Å². The number of aromatic nitrogens is 7. The summed E-state index contributed by atoms with van der Waals surface area (Å²) >= 11 is 0. The second kappa shape index (κ2) is 27.1. The van der Waals surface area contributed by atoms with Gasteiger partial charge in [0.1, 0.15) is 41.4 Å². The number of carbonyl (C=O) groups is 7. The number of para-hydroxylation sites is 4. The molecule has 73 heavy (non-hydrogen) atoms. The quantitative estimate of drug-likeness (QED) is 0.109. The first-order valence-corrected chi connectivity index (χ1v) is 22.8. The molecular weight excluding hydrogens is 927 g/mol. The fraction of sp³-hybridized carbons (Fsp3) is 0.158. The van der Waals surface area contributed by atoms with E-state index in [4.69, 9.17) is 9.15 Å². The molecule has 372 valence electrons. The number of aromatic amines is 4. The zero-order valence-corrected chi connectivity index (χ0v) is 41.4. The third-order valence-electron chi connectivity index (χ3n) is 10.8. The molecule has 0 bridgehead atoms. The molecule has 16 heteroatoms. The molecule has 0 fully saturated rings. The Balaban J connectivity index is 0.000000159. The summed E-state index contributed by atoms with van der Waals surface area (Å²) in [7, 11) is 0. The molecule has 0 amide bonds. The van der Waals surface area contributed by atoms with Gasteiger partial charge in [0.15, 0.2) is 34.7 Å². The second-order valence-electron chi connectivity index (χ2n) is 16.2. The van der Waals surface area contributed by atoms with Crippen molar-refractivity contribution < 1.29 is 42.7 Å². The number of hydrogen-bond acceptors (Lipinski definition) is 12. The van der Waals surface area contributed by atoms with Gasteiger partial charge >= 0.3 is 0 Å². The number of pyridine rings is 1. The highest BCUT2D eigenvalue weighted by atomic mass is 16.5. The molecule has 11 rings (SSSR count). The lowest BCUT2D eigenvalue weighted by Crippen LogP contribution is -2.09. The zero-order valence-electron chi connectivity index (χ0n) is 41.4. The van der Waals surface area contributed by atoms with Crippen molar-refractivity contribution in [1.29, 1.82) is 0 Å². The van der Waals surface area contributed by atoms with E-state index in [1.54, 1.807) is 82.2 Å². The average Bonchev–Trinajstić information content (AvgIpc) is 4.26. The van der Waals surface area contributed by atoms with Gasteiger partial charge in [-0.15, -0.1) is 0 Å². The highest BCUT2D eigenvalue weighted by Crippen LogP contribution is 2.33. The maximum Gasteiger partial charge on any atom is 0.180 e. The lowest BCUT2D eigenvalue weighted by atomic mass is 9.98. The summed E-state index contributed by atoms with van der Waals surface area (Å²) in [6.07, 6.45) is 11.4. The van der Waals surface area contributed by atoms with E-state index in [-0.39, 0.29) is 46.4 Å². The van der Waals surface area contributed by atoms with Gasteiger partial charge in [-0.1, -0.05) is 72.8 Å². The van der Waals surface area contributed by atoms with Crippen LogP contribution in [0.4, 0.5) is 0 Å². The van der Waals surface area contributed by atoms with Crippen LogP contribution in [0.5, 0.6) is 5.75 Å². The highest BCUT2D eigenvalue weighted by molar-refractivity contribution is 6.07. The van der Waals surface area contributed by atoms with Crippen LogP contribution in [-0.2, 0) is 4.79 Å². The Morgan fingerprint density at radius 1 is 0.548 bits per heavy atom. The summed E-state index contributed by atoms with van der Waals surface area (Å²) in [6.45, 7) is 11.3. The molecule has 1 aliphatic heterocycles. The molecule has 16 nitrogen and oxygen atoms in total. The first-order valence-electron chi connectivity index (χ1n) is 22.8. The van der Waals surface area contributed by atoms with Crippen molar-refractivity contribution in [2.75, 3.05) is 6.61 Å². The number of nitrogens with zero attached hydrogens (tertiary/aromatic N) is 3. The van der Waals surface area contributed by atoms with Crippen LogP contribution >= 0.6 is 0 Å². The van der Waals surface area contributed by atoms with Crippen LogP contribution in [0.25, 0.3) is 32.8 Å². The third kappa shape index (κ3) is 15.8. The molecule has 0 radical (unpaired) electrons. The van der Waals surface area contributed by atoms with Gasteiger partial charge in [0.2, 0.25) is 0 Å². The SMILES string of the molecule is CC(=O)C1COc2ccccc21.CC(=O)c1c[nH]c2ccccc12.CC(=O)c1cc[nH]c1.CC(=O)c1cccnc1.CC(=O)c1ccn[nH]1.CC(=O)c1coc2ccccc12.CC(=O)c1n[nH]c2ccccc12. The van der Waals surface area contributed by atoms with Crippen LogP contribution in [0.2, 0.25) is 0 Å². The smallest absolute Gasteiger partial charge is 0.180 e. The predicted molar refractivity (Wildman–Crippen MR) is 280 cm³/mol. The number of ether oxygens (including phenoxy) is 1. The number of fused-ring (bicyclic) bond motifs is 4. The summed E-state index contributed by atoms with van der Waals surface area (Å²) in [5.41, 5.74) is 7.63. The minimum absolute atomic E-state index is 0.00699. The minimum Gasteiger partial charge on any atom is -0.492 e. The third-order valence-corrected chi connectivity index (χ3v) is 10.8. The monoisotopic (exact) mass is 981 g/mol. The summed E-state index contributed by atoms with van der Waals surface area (Å²) in [6, 6.07) is 37.5. The fourth-order valence-electron chi connectivity index (χ4n) is 6.91. The Kier molecular flexibility index (Phi) is 20.2. The maximum atomic E-state index is 11.1.